The van der Waals surface area contributed by atoms with Gasteiger partial charge in [-0.25, -0.2) is 0 Å². The summed E-state index contributed by atoms with van der Waals surface area (Å²) < 4.78 is 1.02. The Bertz CT molecular complexity index is 516. The van der Waals surface area contributed by atoms with Gasteiger partial charge in [-0.05, 0) is 40.2 Å². The highest BCUT2D eigenvalue weighted by molar-refractivity contribution is 9.10. The van der Waals surface area contributed by atoms with Crippen LogP contribution in [0.2, 0.25) is 0 Å². The van der Waals surface area contributed by atoms with Crippen LogP contribution in [0.5, 0.6) is 0 Å². The summed E-state index contributed by atoms with van der Waals surface area (Å²) in [6.45, 7) is 0. The number of ketones is 1. The van der Waals surface area contributed by atoms with E-state index in [1.54, 1.807) is 24.5 Å². The van der Waals surface area contributed by atoms with Gasteiger partial charge in [0.1, 0.15) is 0 Å². The third kappa shape index (κ3) is 3.41. The Kier molecular flexibility index (Phi) is 4.34. The molecule has 0 radical (unpaired) electrons. The maximum atomic E-state index is 11.9. The number of carbonyl (C=O) groups is 1. The van der Waals surface area contributed by atoms with Gasteiger partial charge >= 0.3 is 0 Å². The van der Waals surface area contributed by atoms with E-state index < -0.39 is 0 Å². The zero-order chi connectivity index (χ0) is 12.1. The van der Waals surface area contributed by atoms with Crippen LogP contribution in [0.25, 0.3) is 0 Å². The van der Waals surface area contributed by atoms with E-state index in [4.69, 9.17) is 0 Å². The van der Waals surface area contributed by atoms with Crippen LogP contribution >= 0.6 is 27.7 Å². The number of halogens is 1. The Morgan fingerprint density at radius 3 is 2.76 bits per heavy atom. The number of hydrogen-bond donors (Lipinski definition) is 0. The van der Waals surface area contributed by atoms with Crippen molar-refractivity contribution in [2.45, 2.75) is 4.90 Å². The van der Waals surface area contributed by atoms with Crippen molar-refractivity contribution in [1.82, 2.24) is 4.98 Å². The molecule has 0 spiro atoms. The molecule has 0 atom stereocenters. The first kappa shape index (κ1) is 12.3. The lowest BCUT2D eigenvalue weighted by Gasteiger charge is -2.03. The second-order valence-electron chi connectivity index (χ2n) is 3.38. The Hall–Kier alpha value is -1.13. The van der Waals surface area contributed by atoms with E-state index >= 15 is 0 Å². The maximum Gasteiger partial charge on any atom is 0.174 e. The molecule has 17 heavy (non-hydrogen) atoms. The lowest BCUT2D eigenvalue weighted by Crippen LogP contribution is -2.02. The van der Waals surface area contributed by atoms with Gasteiger partial charge in [-0.3, -0.25) is 9.78 Å². The second-order valence-corrected chi connectivity index (χ2v) is 5.26. The number of benzene rings is 1. The number of Topliss-reactive ketones (excluding diaryl/α,β-unsaturated/α-hetero) is 1. The molecule has 0 amide bonds. The predicted molar refractivity (Wildman–Crippen MR) is 73.4 cm³/mol. The first-order valence-corrected chi connectivity index (χ1v) is 6.86. The molecule has 2 rings (SSSR count). The summed E-state index contributed by atoms with van der Waals surface area (Å²) in [5, 5.41) is 0. The van der Waals surface area contributed by atoms with Crippen molar-refractivity contribution in [3.05, 3.63) is 58.8 Å². The quantitative estimate of drug-likeness (QED) is 0.635. The number of carbonyl (C=O) groups excluding carboxylic acids is 1. The summed E-state index contributed by atoms with van der Waals surface area (Å²) in [4.78, 5) is 16.9. The molecule has 1 aromatic carbocycles. The highest BCUT2D eigenvalue weighted by atomic mass is 79.9. The lowest BCUT2D eigenvalue weighted by atomic mass is 10.2. The molecule has 1 aromatic heterocycles. The summed E-state index contributed by atoms with van der Waals surface area (Å²) in [6, 6.07) is 11.4. The second kappa shape index (κ2) is 5.98. The molecule has 0 aliphatic heterocycles. The Labute approximate surface area is 113 Å². The maximum absolute atomic E-state index is 11.9. The van der Waals surface area contributed by atoms with Crippen LogP contribution in [-0.2, 0) is 0 Å². The van der Waals surface area contributed by atoms with Gasteiger partial charge in [0.2, 0.25) is 0 Å². The predicted octanol–water partition coefficient (Wildman–Crippen LogP) is 3.82. The van der Waals surface area contributed by atoms with Gasteiger partial charge in [0, 0.05) is 27.3 Å². The fourth-order valence-corrected chi connectivity index (χ4v) is 2.78. The lowest BCUT2D eigenvalue weighted by molar-refractivity contribution is 0.102. The Balaban J connectivity index is 2.00. The largest absolute Gasteiger partial charge is 0.293 e. The van der Waals surface area contributed by atoms with E-state index in [1.165, 1.54) is 11.8 Å². The molecule has 0 N–H and O–H groups in total. The van der Waals surface area contributed by atoms with Gasteiger partial charge in [0.15, 0.2) is 5.78 Å². The number of aromatic nitrogens is 1. The topological polar surface area (TPSA) is 30.0 Å². The third-order valence-corrected chi connectivity index (χ3v) is 4.21. The molecule has 1 heterocycles. The van der Waals surface area contributed by atoms with Crippen LogP contribution in [0.4, 0.5) is 0 Å². The summed E-state index contributed by atoms with van der Waals surface area (Å²) in [7, 11) is 0. The zero-order valence-electron chi connectivity index (χ0n) is 8.97. The van der Waals surface area contributed by atoms with Crippen molar-refractivity contribution >= 4 is 33.5 Å². The molecule has 0 saturated heterocycles. The van der Waals surface area contributed by atoms with Gasteiger partial charge < -0.3 is 0 Å². The van der Waals surface area contributed by atoms with Crippen LogP contribution in [-0.4, -0.2) is 16.5 Å². The van der Waals surface area contributed by atoms with Gasteiger partial charge in [-0.2, -0.15) is 0 Å². The minimum Gasteiger partial charge on any atom is -0.293 e. The molecule has 0 saturated carbocycles. The highest BCUT2D eigenvalue weighted by Crippen LogP contribution is 2.27. The molecular formula is C13H10BrNOS. The Morgan fingerprint density at radius 1 is 1.24 bits per heavy atom. The zero-order valence-corrected chi connectivity index (χ0v) is 11.4. The third-order valence-electron chi connectivity index (χ3n) is 2.18. The first-order chi connectivity index (χ1) is 8.27. The minimum absolute atomic E-state index is 0.0962. The van der Waals surface area contributed by atoms with Crippen LogP contribution in [0.1, 0.15) is 10.4 Å². The van der Waals surface area contributed by atoms with Crippen LogP contribution in [0.3, 0.4) is 0 Å². The number of hydrogen-bond acceptors (Lipinski definition) is 3. The standard InChI is InChI=1S/C13H10BrNOS/c14-11-5-1-2-6-13(11)17-9-12(16)10-4-3-7-15-8-10/h1-8H,9H2. The molecule has 0 bridgehead atoms. The number of nitrogens with zero attached hydrogens (tertiary/aromatic N) is 1. The molecule has 2 aromatic rings. The average molecular weight is 308 g/mol. The molecule has 86 valence electrons. The smallest absolute Gasteiger partial charge is 0.174 e. The Morgan fingerprint density at radius 2 is 2.06 bits per heavy atom. The number of rotatable bonds is 4. The van der Waals surface area contributed by atoms with Crippen LogP contribution < -0.4 is 0 Å². The van der Waals surface area contributed by atoms with E-state index in [1.807, 2.05) is 24.3 Å². The fourth-order valence-electron chi connectivity index (χ4n) is 1.32. The first-order valence-electron chi connectivity index (χ1n) is 5.08. The molecule has 0 aliphatic carbocycles. The van der Waals surface area contributed by atoms with Crippen molar-refractivity contribution in [3.8, 4) is 0 Å². The van der Waals surface area contributed by atoms with Crippen molar-refractivity contribution in [3.63, 3.8) is 0 Å². The minimum atomic E-state index is 0.0962. The molecule has 4 heteroatoms. The van der Waals surface area contributed by atoms with Crippen molar-refractivity contribution in [2.75, 3.05) is 5.75 Å². The summed E-state index contributed by atoms with van der Waals surface area (Å²) in [6.07, 6.45) is 3.26. The van der Waals surface area contributed by atoms with Gasteiger partial charge in [-0.1, -0.05) is 12.1 Å². The van der Waals surface area contributed by atoms with Crippen LogP contribution in [0, 0.1) is 0 Å². The van der Waals surface area contributed by atoms with Crippen LogP contribution in [0.15, 0.2) is 58.2 Å². The van der Waals surface area contributed by atoms with Crippen molar-refractivity contribution < 1.29 is 4.79 Å². The summed E-state index contributed by atoms with van der Waals surface area (Å²) >= 11 is 4.98. The van der Waals surface area contributed by atoms with Gasteiger partial charge in [0.25, 0.3) is 0 Å². The van der Waals surface area contributed by atoms with Crippen molar-refractivity contribution in [2.24, 2.45) is 0 Å². The summed E-state index contributed by atoms with van der Waals surface area (Å²) in [5.74, 6) is 0.521. The SMILES string of the molecule is O=C(CSc1ccccc1Br)c1cccnc1. The number of pyridine rings is 1. The highest BCUT2D eigenvalue weighted by Gasteiger charge is 2.07. The monoisotopic (exact) mass is 307 g/mol. The molecular weight excluding hydrogens is 298 g/mol. The average Bonchev–Trinajstić information content (AvgIpc) is 2.38. The van der Waals surface area contributed by atoms with E-state index in [-0.39, 0.29) is 5.78 Å². The molecule has 2 nitrogen and oxygen atoms in total. The van der Waals surface area contributed by atoms with E-state index in [0.29, 0.717) is 11.3 Å². The van der Waals surface area contributed by atoms with Crippen molar-refractivity contribution in [1.29, 1.82) is 0 Å². The summed E-state index contributed by atoms with van der Waals surface area (Å²) in [5.41, 5.74) is 0.659. The number of thioether (sulfide) groups is 1. The van der Waals surface area contributed by atoms with Gasteiger partial charge in [0.05, 0.1) is 5.75 Å². The van der Waals surface area contributed by atoms with E-state index in [0.717, 1.165) is 9.37 Å². The molecule has 0 unspecified atom stereocenters. The van der Waals surface area contributed by atoms with E-state index in [2.05, 4.69) is 20.9 Å². The molecule has 0 aliphatic rings. The van der Waals surface area contributed by atoms with E-state index in [9.17, 15) is 4.79 Å². The normalized spacial score (nSPS) is 10.2. The molecule has 0 fully saturated rings. The fraction of sp³-hybridized carbons (Fsp3) is 0.0769. The van der Waals surface area contributed by atoms with Gasteiger partial charge in [-0.15, -0.1) is 11.8 Å².